The summed E-state index contributed by atoms with van der Waals surface area (Å²) in [5.74, 6) is 0. The molecule has 130 valence electrons. The first-order valence-corrected chi connectivity index (χ1v) is 7.32. The predicted molar refractivity (Wildman–Crippen MR) is 76.9 cm³/mol. The van der Waals surface area contributed by atoms with Crippen LogP contribution in [0.2, 0.25) is 0 Å². The SMILES string of the molecule is FC(F)(F)c1cc(COCc2cccc(Br)n2)cc(C(F)(F)F)c1. The number of nitrogens with zero attached hydrogens (tertiary/aromatic N) is 1. The van der Waals surface area contributed by atoms with E-state index < -0.39 is 30.1 Å². The molecule has 2 nitrogen and oxygen atoms in total. The molecule has 2 aromatic rings. The molecule has 1 aromatic carbocycles. The minimum absolute atomic E-state index is 0.0446. The Labute approximate surface area is 141 Å². The molecule has 1 heterocycles. The second kappa shape index (κ2) is 7.10. The van der Waals surface area contributed by atoms with Crippen molar-refractivity contribution >= 4 is 15.9 Å². The van der Waals surface area contributed by atoms with Gasteiger partial charge in [0.25, 0.3) is 0 Å². The molecular formula is C15H10BrF6NO. The van der Waals surface area contributed by atoms with Gasteiger partial charge < -0.3 is 4.74 Å². The quantitative estimate of drug-likeness (QED) is 0.480. The van der Waals surface area contributed by atoms with Gasteiger partial charge in [-0.25, -0.2) is 4.98 Å². The van der Waals surface area contributed by atoms with Gasteiger partial charge in [-0.1, -0.05) is 6.07 Å². The van der Waals surface area contributed by atoms with Crippen LogP contribution in [-0.4, -0.2) is 4.98 Å². The van der Waals surface area contributed by atoms with Crippen LogP contribution in [0.1, 0.15) is 22.4 Å². The summed E-state index contributed by atoms with van der Waals surface area (Å²) in [6.07, 6.45) is -9.75. The van der Waals surface area contributed by atoms with Crippen LogP contribution < -0.4 is 0 Å². The Morgan fingerprint density at radius 1 is 0.875 bits per heavy atom. The molecule has 0 unspecified atom stereocenters. The van der Waals surface area contributed by atoms with Gasteiger partial charge >= 0.3 is 12.4 Å². The normalized spacial score (nSPS) is 12.5. The van der Waals surface area contributed by atoms with E-state index in [0.29, 0.717) is 22.4 Å². The van der Waals surface area contributed by atoms with E-state index in [9.17, 15) is 26.3 Å². The van der Waals surface area contributed by atoms with E-state index in [2.05, 4.69) is 20.9 Å². The van der Waals surface area contributed by atoms with Gasteiger partial charge in [0.05, 0.1) is 30.0 Å². The Hall–Kier alpha value is -1.61. The maximum atomic E-state index is 12.7. The number of benzene rings is 1. The smallest absolute Gasteiger partial charge is 0.370 e. The number of alkyl halides is 6. The fourth-order valence-corrected chi connectivity index (χ4v) is 2.29. The van der Waals surface area contributed by atoms with Crippen molar-refractivity contribution in [3.05, 3.63) is 63.4 Å². The lowest BCUT2D eigenvalue weighted by molar-refractivity contribution is -0.143. The molecule has 0 aliphatic carbocycles. The van der Waals surface area contributed by atoms with Gasteiger partial charge in [-0.05, 0) is 51.8 Å². The standard InChI is InChI=1S/C15H10BrF6NO/c16-13-3-1-2-12(23-13)8-24-7-9-4-10(14(17,18)19)6-11(5-9)15(20,21)22/h1-6H,7-8H2. The van der Waals surface area contributed by atoms with Crippen molar-refractivity contribution in [3.8, 4) is 0 Å². The van der Waals surface area contributed by atoms with Crippen LogP contribution in [-0.2, 0) is 30.3 Å². The Balaban J connectivity index is 2.17. The highest BCUT2D eigenvalue weighted by molar-refractivity contribution is 9.10. The van der Waals surface area contributed by atoms with Crippen molar-refractivity contribution in [1.29, 1.82) is 0 Å². The zero-order chi connectivity index (χ0) is 18.0. The highest BCUT2D eigenvalue weighted by Gasteiger charge is 2.36. The Bertz CT molecular complexity index is 682. The topological polar surface area (TPSA) is 22.1 Å². The Morgan fingerprint density at radius 3 is 1.96 bits per heavy atom. The van der Waals surface area contributed by atoms with Gasteiger partial charge in [-0.2, -0.15) is 26.3 Å². The molecule has 0 amide bonds. The first kappa shape index (κ1) is 18.7. The second-order valence-corrected chi connectivity index (χ2v) is 5.67. The van der Waals surface area contributed by atoms with Crippen molar-refractivity contribution < 1.29 is 31.1 Å². The summed E-state index contributed by atoms with van der Waals surface area (Å²) in [4.78, 5) is 4.05. The van der Waals surface area contributed by atoms with Gasteiger partial charge in [0.1, 0.15) is 4.60 Å². The number of aromatic nitrogens is 1. The summed E-state index contributed by atoms with van der Waals surface area (Å²) in [6.45, 7) is -0.446. The highest BCUT2D eigenvalue weighted by atomic mass is 79.9. The lowest BCUT2D eigenvalue weighted by Gasteiger charge is -2.14. The van der Waals surface area contributed by atoms with Gasteiger partial charge in [-0.15, -0.1) is 0 Å². The Morgan fingerprint density at radius 2 is 1.46 bits per heavy atom. The van der Waals surface area contributed by atoms with Crippen LogP contribution >= 0.6 is 15.9 Å². The van der Waals surface area contributed by atoms with Crippen molar-refractivity contribution in [2.45, 2.75) is 25.6 Å². The summed E-state index contributed by atoms with van der Waals surface area (Å²) in [5.41, 5.74) is -2.45. The van der Waals surface area contributed by atoms with Crippen LogP contribution in [0.4, 0.5) is 26.3 Å². The summed E-state index contributed by atoms with van der Waals surface area (Å²) in [7, 11) is 0. The van der Waals surface area contributed by atoms with E-state index in [0.717, 1.165) is 0 Å². The first-order valence-electron chi connectivity index (χ1n) is 6.53. The van der Waals surface area contributed by atoms with Crippen molar-refractivity contribution in [3.63, 3.8) is 0 Å². The largest absolute Gasteiger partial charge is 0.416 e. The van der Waals surface area contributed by atoms with Crippen molar-refractivity contribution in [2.24, 2.45) is 0 Å². The summed E-state index contributed by atoms with van der Waals surface area (Å²) >= 11 is 3.15. The molecular weight excluding hydrogens is 404 g/mol. The van der Waals surface area contributed by atoms with E-state index >= 15 is 0 Å². The van der Waals surface area contributed by atoms with E-state index in [4.69, 9.17) is 4.74 Å². The minimum Gasteiger partial charge on any atom is -0.370 e. The molecule has 0 aliphatic heterocycles. The zero-order valence-corrected chi connectivity index (χ0v) is 13.5. The minimum atomic E-state index is -4.87. The fourth-order valence-electron chi connectivity index (χ4n) is 1.91. The molecule has 2 rings (SSSR count). The van der Waals surface area contributed by atoms with Gasteiger partial charge in [0, 0.05) is 0 Å². The zero-order valence-electron chi connectivity index (χ0n) is 11.9. The van der Waals surface area contributed by atoms with E-state index in [1.165, 1.54) is 0 Å². The molecule has 0 bridgehead atoms. The average Bonchev–Trinajstić information content (AvgIpc) is 2.45. The number of hydrogen-bond donors (Lipinski definition) is 0. The van der Waals surface area contributed by atoms with Crippen molar-refractivity contribution in [2.75, 3.05) is 0 Å². The monoisotopic (exact) mass is 413 g/mol. The number of halogens is 7. The van der Waals surface area contributed by atoms with Gasteiger partial charge in [0.15, 0.2) is 0 Å². The summed E-state index contributed by atoms with van der Waals surface area (Å²) < 4.78 is 82.2. The van der Waals surface area contributed by atoms with Crippen molar-refractivity contribution in [1.82, 2.24) is 4.98 Å². The van der Waals surface area contributed by atoms with Crippen LogP contribution in [0.25, 0.3) is 0 Å². The number of pyridine rings is 1. The fraction of sp³-hybridized carbons (Fsp3) is 0.267. The number of hydrogen-bond acceptors (Lipinski definition) is 2. The molecule has 0 fully saturated rings. The maximum absolute atomic E-state index is 12.7. The van der Waals surface area contributed by atoms with Crippen LogP contribution in [0.5, 0.6) is 0 Å². The van der Waals surface area contributed by atoms with E-state index in [1.807, 2.05) is 0 Å². The van der Waals surface area contributed by atoms with Gasteiger partial charge in [0.2, 0.25) is 0 Å². The highest BCUT2D eigenvalue weighted by Crippen LogP contribution is 2.36. The summed E-state index contributed by atoms with van der Waals surface area (Å²) in [5, 5.41) is 0. The second-order valence-electron chi connectivity index (χ2n) is 4.86. The summed E-state index contributed by atoms with van der Waals surface area (Å²) in [6, 6.07) is 6.35. The first-order chi connectivity index (χ1) is 11.1. The molecule has 0 saturated carbocycles. The number of rotatable bonds is 4. The predicted octanol–water partition coefficient (Wildman–Crippen LogP) is 5.60. The maximum Gasteiger partial charge on any atom is 0.416 e. The number of ether oxygens (including phenoxy) is 1. The lowest BCUT2D eigenvalue weighted by Crippen LogP contribution is -2.12. The van der Waals surface area contributed by atoms with Gasteiger partial charge in [-0.3, -0.25) is 0 Å². The Kier molecular flexibility index (Phi) is 5.54. The molecule has 9 heteroatoms. The average molecular weight is 414 g/mol. The molecule has 0 atom stereocenters. The van der Waals surface area contributed by atoms with E-state index in [1.54, 1.807) is 18.2 Å². The molecule has 0 spiro atoms. The third-order valence-corrected chi connectivity index (χ3v) is 3.38. The van der Waals surface area contributed by atoms with E-state index in [-0.39, 0.29) is 18.2 Å². The third kappa shape index (κ3) is 5.20. The third-order valence-electron chi connectivity index (χ3n) is 2.94. The molecule has 1 aromatic heterocycles. The van der Waals surface area contributed by atoms with Crippen LogP contribution in [0, 0.1) is 0 Å². The molecule has 24 heavy (non-hydrogen) atoms. The molecule has 0 aliphatic rings. The molecule has 0 saturated heterocycles. The van der Waals surface area contributed by atoms with Crippen LogP contribution in [0.3, 0.4) is 0 Å². The lowest BCUT2D eigenvalue weighted by atomic mass is 10.1. The molecule has 0 radical (unpaired) electrons. The van der Waals surface area contributed by atoms with Crippen LogP contribution in [0.15, 0.2) is 41.0 Å². The molecule has 0 N–H and O–H groups in total.